The molecule has 0 spiro atoms. The van der Waals surface area contributed by atoms with Gasteiger partial charge >= 0.3 is 12.0 Å². The van der Waals surface area contributed by atoms with E-state index in [1.807, 2.05) is 31.1 Å². The van der Waals surface area contributed by atoms with Crippen LogP contribution in [0.1, 0.15) is 6.92 Å². The Morgan fingerprint density at radius 1 is 1.33 bits per heavy atom. The summed E-state index contributed by atoms with van der Waals surface area (Å²) in [5.41, 5.74) is 1.55. The summed E-state index contributed by atoms with van der Waals surface area (Å²) in [4.78, 5) is 24.0. The molecule has 0 aliphatic heterocycles. The zero-order chi connectivity index (χ0) is 13.7. The first-order valence-electron chi connectivity index (χ1n) is 5.48. The third-order valence-corrected chi connectivity index (χ3v) is 2.34. The van der Waals surface area contributed by atoms with Crippen LogP contribution in [0.2, 0.25) is 0 Å². The van der Waals surface area contributed by atoms with Crippen molar-refractivity contribution in [1.82, 2.24) is 5.32 Å². The fraction of sp³-hybridized carbons (Fsp3) is 0.333. The standard InChI is InChI=1S/C12H17N3O3/c1-8(11(16)17)13-12(18)14-9-5-4-6-10(7-9)15(2)3/h4-8H,1-3H3,(H,16,17)(H2,13,14,18)/t8-/m1/s1. The van der Waals surface area contributed by atoms with Crippen LogP contribution in [0.25, 0.3) is 0 Å². The molecule has 0 unspecified atom stereocenters. The van der Waals surface area contributed by atoms with Crippen LogP contribution in [0.4, 0.5) is 16.2 Å². The third-order valence-electron chi connectivity index (χ3n) is 2.34. The maximum atomic E-state index is 11.5. The van der Waals surface area contributed by atoms with Gasteiger partial charge in [0.15, 0.2) is 0 Å². The molecule has 1 aromatic carbocycles. The molecule has 0 radical (unpaired) electrons. The fourth-order valence-corrected chi connectivity index (χ4v) is 1.29. The lowest BCUT2D eigenvalue weighted by atomic mass is 10.2. The molecule has 0 saturated heterocycles. The number of carboxylic acid groups (broad SMARTS) is 1. The van der Waals surface area contributed by atoms with E-state index in [-0.39, 0.29) is 0 Å². The van der Waals surface area contributed by atoms with Crippen LogP contribution in [0.15, 0.2) is 24.3 Å². The first-order chi connectivity index (χ1) is 8.40. The monoisotopic (exact) mass is 251 g/mol. The smallest absolute Gasteiger partial charge is 0.325 e. The van der Waals surface area contributed by atoms with Gasteiger partial charge in [0.2, 0.25) is 0 Å². The number of nitrogens with one attached hydrogen (secondary N) is 2. The molecular formula is C12H17N3O3. The largest absolute Gasteiger partial charge is 0.480 e. The molecule has 1 rings (SSSR count). The molecular weight excluding hydrogens is 234 g/mol. The van der Waals surface area contributed by atoms with E-state index in [1.54, 1.807) is 12.1 Å². The molecule has 3 N–H and O–H groups in total. The Labute approximate surface area is 106 Å². The second-order valence-electron chi connectivity index (χ2n) is 4.10. The molecule has 6 heteroatoms. The molecule has 98 valence electrons. The number of aliphatic carboxylic acids is 1. The molecule has 6 nitrogen and oxygen atoms in total. The lowest BCUT2D eigenvalue weighted by molar-refractivity contribution is -0.138. The average Bonchev–Trinajstić information content (AvgIpc) is 2.28. The number of carbonyl (C=O) groups excluding carboxylic acids is 1. The van der Waals surface area contributed by atoms with Crippen LogP contribution in [-0.4, -0.2) is 37.2 Å². The van der Waals surface area contributed by atoms with Gasteiger partial charge in [-0.05, 0) is 25.1 Å². The van der Waals surface area contributed by atoms with Crippen molar-refractivity contribution < 1.29 is 14.7 Å². The topological polar surface area (TPSA) is 81.7 Å². The third kappa shape index (κ3) is 3.97. The molecule has 1 atom stereocenters. The Hall–Kier alpha value is -2.24. The second-order valence-corrected chi connectivity index (χ2v) is 4.10. The highest BCUT2D eigenvalue weighted by Gasteiger charge is 2.13. The first kappa shape index (κ1) is 13.8. The van der Waals surface area contributed by atoms with Crippen LogP contribution >= 0.6 is 0 Å². The molecule has 0 fully saturated rings. The second kappa shape index (κ2) is 5.90. The zero-order valence-corrected chi connectivity index (χ0v) is 10.6. The maximum absolute atomic E-state index is 11.5. The van der Waals surface area contributed by atoms with Gasteiger partial charge in [0, 0.05) is 25.5 Å². The summed E-state index contributed by atoms with van der Waals surface area (Å²) < 4.78 is 0. The summed E-state index contributed by atoms with van der Waals surface area (Å²) in [6.07, 6.45) is 0. The Bertz CT molecular complexity index is 446. The van der Waals surface area contributed by atoms with Crippen molar-refractivity contribution in [2.24, 2.45) is 0 Å². The summed E-state index contributed by atoms with van der Waals surface area (Å²) in [7, 11) is 3.79. The molecule has 0 aromatic heterocycles. The Kier molecular flexibility index (Phi) is 4.53. The normalized spacial score (nSPS) is 11.5. The zero-order valence-electron chi connectivity index (χ0n) is 10.6. The van der Waals surface area contributed by atoms with Gasteiger partial charge in [-0.25, -0.2) is 4.79 Å². The molecule has 0 saturated carbocycles. The average molecular weight is 251 g/mol. The lowest BCUT2D eigenvalue weighted by Gasteiger charge is -2.15. The van der Waals surface area contributed by atoms with E-state index in [0.29, 0.717) is 5.69 Å². The van der Waals surface area contributed by atoms with Gasteiger partial charge in [-0.15, -0.1) is 0 Å². The van der Waals surface area contributed by atoms with Crippen molar-refractivity contribution in [1.29, 1.82) is 0 Å². The summed E-state index contributed by atoms with van der Waals surface area (Å²) in [6.45, 7) is 1.40. The predicted octanol–water partition coefficient (Wildman–Crippen LogP) is 1.35. The van der Waals surface area contributed by atoms with Crippen molar-refractivity contribution in [2.45, 2.75) is 13.0 Å². The van der Waals surface area contributed by atoms with Crippen LogP contribution in [0, 0.1) is 0 Å². The van der Waals surface area contributed by atoms with E-state index >= 15 is 0 Å². The van der Waals surface area contributed by atoms with Crippen molar-refractivity contribution in [2.75, 3.05) is 24.3 Å². The van der Waals surface area contributed by atoms with Crippen LogP contribution in [0.5, 0.6) is 0 Å². The number of hydrogen-bond acceptors (Lipinski definition) is 3. The summed E-state index contributed by atoms with van der Waals surface area (Å²) >= 11 is 0. The van der Waals surface area contributed by atoms with Gasteiger partial charge < -0.3 is 20.6 Å². The minimum atomic E-state index is -1.08. The molecule has 2 amide bonds. The van der Waals surface area contributed by atoms with Crippen LogP contribution in [0.3, 0.4) is 0 Å². The summed E-state index contributed by atoms with van der Waals surface area (Å²) in [5, 5.41) is 13.6. The van der Waals surface area contributed by atoms with Gasteiger partial charge in [0.05, 0.1) is 0 Å². The first-order valence-corrected chi connectivity index (χ1v) is 5.48. The van der Waals surface area contributed by atoms with E-state index in [0.717, 1.165) is 5.69 Å². The number of carboxylic acids is 1. The number of anilines is 2. The van der Waals surface area contributed by atoms with E-state index in [2.05, 4.69) is 10.6 Å². The van der Waals surface area contributed by atoms with Crippen LogP contribution in [-0.2, 0) is 4.79 Å². The van der Waals surface area contributed by atoms with E-state index in [9.17, 15) is 9.59 Å². The number of benzene rings is 1. The van der Waals surface area contributed by atoms with Crippen LogP contribution < -0.4 is 15.5 Å². The summed E-state index contributed by atoms with van der Waals surface area (Å²) in [5.74, 6) is -1.08. The molecule has 0 heterocycles. The fourth-order valence-electron chi connectivity index (χ4n) is 1.29. The number of carbonyl (C=O) groups is 2. The predicted molar refractivity (Wildman–Crippen MR) is 70.0 cm³/mol. The minimum Gasteiger partial charge on any atom is -0.480 e. The van der Waals surface area contributed by atoms with Crippen molar-refractivity contribution in [3.8, 4) is 0 Å². The van der Waals surface area contributed by atoms with E-state index in [4.69, 9.17) is 5.11 Å². The van der Waals surface area contributed by atoms with Crippen molar-refractivity contribution in [3.05, 3.63) is 24.3 Å². The lowest BCUT2D eigenvalue weighted by Crippen LogP contribution is -2.40. The highest BCUT2D eigenvalue weighted by atomic mass is 16.4. The minimum absolute atomic E-state index is 0.541. The molecule has 0 aliphatic rings. The van der Waals surface area contributed by atoms with E-state index in [1.165, 1.54) is 6.92 Å². The number of urea groups is 1. The Balaban J connectivity index is 2.64. The molecule has 18 heavy (non-hydrogen) atoms. The van der Waals surface area contributed by atoms with Gasteiger partial charge in [-0.1, -0.05) is 6.07 Å². The Morgan fingerprint density at radius 3 is 2.56 bits per heavy atom. The van der Waals surface area contributed by atoms with Gasteiger partial charge in [-0.3, -0.25) is 4.79 Å². The number of hydrogen-bond donors (Lipinski definition) is 3. The molecule has 0 aliphatic carbocycles. The van der Waals surface area contributed by atoms with Crippen molar-refractivity contribution >= 4 is 23.4 Å². The maximum Gasteiger partial charge on any atom is 0.325 e. The van der Waals surface area contributed by atoms with Crippen molar-refractivity contribution in [3.63, 3.8) is 0 Å². The van der Waals surface area contributed by atoms with Gasteiger partial charge in [0.25, 0.3) is 0 Å². The SMILES string of the molecule is C[C@@H](NC(=O)Nc1cccc(N(C)C)c1)C(=O)O. The highest BCUT2D eigenvalue weighted by Crippen LogP contribution is 2.16. The van der Waals surface area contributed by atoms with E-state index < -0.39 is 18.0 Å². The quantitative estimate of drug-likeness (QED) is 0.754. The highest BCUT2D eigenvalue weighted by molar-refractivity contribution is 5.92. The van der Waals surface area contributed by atoms with Gasteiger partial charge in [-0.2, -0.15) is 0 Å². The Morgan fingerprint density at radius 2 is 2.00 bits per heavy atom. The number of amides is 2. The molecule has 1 aromatic rings. The summed E-state index contributed by atoms with van der Waals surface area (Å²) in [6, 6.07) is 5.78. The number of rotatable bonds is 4. The number of nitrogens with zero attached hydrogens (tertiary/aromatic N) is 1. The molecule has 0 bridgehead atoms. The van der Waals surface area contributed by atoms with Gasteiger partial charge in [0.1, 0.15) is 6.04 Å².